The fourth-order valence-electron chi connectivity index (χ4n) is 9.80. The van der Waals surface area contributed by atoms with Crippen molar-refractivity contribution in [2.75, 3.05) is 13.2 Å². The lowest BCUT2D eigenvalue weighted by Crippen LogP contribution is -2.37. The van der Waals surface area contributed by atoms with Gasteiger partial charge in [0.25, 0.3) is 0 Å². The van der Waals surface area contributed by atoms with Gasteiger partial charge in [-0.25, -0.2) is 0 Å². The van der Waals surface area contributed by atoms with Gasteiger partial charge in [0.05, 0.1) is 13.2 Å². The Morgan fingerprint density at radius 3 is 0.702 bits per heavy atom. The first-order valence-electron chi connectivity index (χ1n) is 17.0. The zero-order valence-corrected chi connectivity index (χ0v) is 26.5. The molecule has 2 nitrogen and oxygen atoms in total. The summed E-state index contributed by atoms with van der Waals surface area (Å²) in [6.07, 6.45) is 3.35. The summed E-state index contributed by atoms with van der Waals surface area (Å²) in [5, 5.41) is 22.9. The average Bonchev–Trinajstić information content (AvgIpc) is 3.71. The number of aliphatic hydroxyl groups excluding tert-OH is 2. The highest BCUT2D eigenvalue weighted by molar-refractivity contribution is 5.84. The molecule has 0 saturated carbocycles. The van der Waals surface area contributed by atoms with E-state index >= 15 is 0 Å². The van der Waals surface area contributed by atoms with Crippen molar-refractivity contribution in [1.29, 1.82) is 0 Å². The molecule has 2 heteroatoms. The van der Waals surface area contributed by atoms with Crippen LogP contribution >= 0.6 is 0 Å². The van der Waals surface area contributed by atoms with E-state index in [0.717, 1.165) is 25.7 Å². The van der Waals surface area contributed by atoms with Gasteiger partial charge in [-0.1, -0.05) is 146 Å². The van der Waals surface area contributed by atoms with Gasteiger partial charge in [-0.3, -0.25) is 0 Å². The molecule has 0 atom stereocenters. The van der Waals surface area contributed by atoms with E-state index in [1.807, 2.05) is 0 Å². The second-order valence-electron chi connectivity index (χ2n) is 13.8. The van der Waals surface area contributed by atoms with Crippen molar-refractivity contribution in [2.24, 2.45) is 0 Å². The van der Waals surface area contributed by atoms with Crippen molar-refractivity contribution < 1.29 is 10.2 Å². The lowest BCUT2D eigenvalue weighted by Gasteiger charge is -2.40. The molecule has 0 amide bonds. The number of rotatable bonds is 8. The molecular formula is C45H38O2. The van der Waals surface area contributed by atoms with Gasteiger partial charge in [0, 0.05) is 16.2 Å². The van der Waals surface area contributed by atoms with Crippen LogP contribution in [0, 0.1) is 0 Å². The summed E-state index contributed by atoms with van der Waals surface area (Å²) in [5.41, 5.74) is 13.9. The summed E-state index contributed by atoms with van der Waals surface area (Å²) < 4.78 is 0. The molecule has 3 aliphatic rings. The Kier molecular flexibility index (Phi) is 6.44. The lowest BCUT2D eigenvalue weighted by atomic mass is 9.63. The van der Waals surface area contributed by atoms with E-state index in [1.165, 1.54) is 66.8 Å². The minimum atomic E-state index is -0.492. The molecule has 0 bridgehead atoms. The Morgan fingerprint density at radius 1 is 0.277 bits per heavy atom. The first-order valence-corrected chi connectivity index (χ1v) is 17.0. The number of hydrogen-bond donors (Lipinski definition) is 2. The van der Waals surface area contributed by atoms with Crippen LogP contribution in [0.4, 0.5) is 0 Å². The van der Waals surface area contributed by atoms with E-state index < -0.39 is 10.8 Å². The molecule has 3 aliphatic carbocycles. The summed E-state index contributed by atoms with van der Waals surface area (Å²) in [6, 6.07) is 52.5. The van der Waals surface area contributed by atoms with Gasteiger partial charge in [-0.2, -0.15) is 0 Å². The molecule has 0 aromatic heterocycles. The van der Waals surface area contributed by atoms with Crippen LogP contribution in [0.5, 0.6) is 0 Å². The highest BCUT2D eigenvalue weighted by atomic mass is 16.3. The van der Waals surface area contributed by atoms with E-state index in [4.69, 9.17) is 0 Å². The van der Waals surface area contributed by atoms with Crippen molar-refractivity contribution in [3.05, 3.63) is 179 Å². The van der Waals surface area contributed by atoms with Crippen LogP contribution in [0.15, 0.2) is 146 Å². The van der Waals surface area contributed by atoms with Crippen LogP contribution in [-0.4, -0.2) is 23.4 Å². The average molecular weight is 611 g/mol. The number of fused-ring (bicyclic) bond motifs is 9. The maximum atomic E-state index is 11.4. The van der Waals surface area contributed by atoms with E-state index in [-0.39, 0.29) is 18.6 Å². The molecule has 0 saturated heterocycles. The quantitative estimate of drug-likeness (QED) is 0.180. The number of benzene rings is 6. The zero-order valence-electron chi connectivity index (χ0n) is 26.5. The molecule has 0 fully saturated rings. The highest BCUT2D eigenvalue weighted by Gasteiger charge is 2.50. The third-order valence-electron chi connectivity index (χ3n) is 12.0. The first kappa shape index (κ1) is 28.5. The molecule has 0 unspecified atom stereocenters. The molecule has 6 aromatic carbocycles. The zero-order chi connectivity index (χ0) is 31.6. The minimum absolute atomic E-state index is 0.0573. The third-order valence-corrected chi connectivity index (χ3v) is 12.0. The summed E-state index contributed by atoms with van der Waals surface area (Å²) >= 11 is 0. The van der Waals surface area contributed by atoms with Crippen LogP contribution in [-0.2, 0) is 16.2 Å². The molecule has 9 rings (SSSR count). The molecule has 0 heterocycles. The van der Waals surface area contributed by atoms with Crippen LogP contribution < -0.4 is 0 Å². The van der Waals surface area contributed by atoms with E-state index in [9.17, 15) is 10.2 Å². The molecule has 0 radical (unpaired) electrons. The van der Waals surface area contributed by atoms with Gasteiger partial charge in [0.2, 0.25) is 0 Å². The summed E-state index contributed by atoms with van der Waals surface area (Å²) in [7, 11) is 0. The fraction of sp³-hybridized carbons (Fsp3) is 0.200. The van der Waals surface area contributed by atoms with Crippen LogP contribution in [0.25, 0.3) is 33.4 Å². The van der Waals surface area contributed by atoms with Crippen molar-refractivity contribution >= 4 is 0 Å². The van der Waals surface area contributed by atoms with Gasteiger partial charge in [0.1, 0.15) is 0 Å². The smallest absolute Gasteiger partial charge is 0.0569 e. The minimum Gasteiger partial charge on any atom is -0.395 e. The van der Waals surface area contributed by atoms with Gasteiger partial charge < -0.3 is 10.2 Å². The Hall–Kier alpha value is -4.76. The Balaban J connectivity index is 1.21. The van der Waals surface area contributed by atoms with Gasteiger partial charge in [-0.15, -0.1) is 0 Å². The molecule has 0 spiro atoms. The molecular weight excluding hydrogens is 572 g/mol. The number of aliphatic hydroxyl groups is 2. The van der Waals surface area contributed by atoms with Crippen LogP contribution in [0.3, 0.4) is 0 Å². The van der Waals surface area contributed by atoms with Gasteiger partial charge >= 0.3 is 0 Å². The van der Waals surface area contributed by atoms with Crippen LogP contribution in [0.2, 0.25) is 0 Å². The maximum Gasteiger partial charge on any atom is 0.0569 e. The Bertz CT molecular complexity index is 1910. The van der Waals surface area contributed by atoms with Gasteiger partial charge in [0.15, 0.2) is 0 Å². The molecule has 47 heavy (non-hydrogen) atoms. The fourth-order valence-corrected chi connectivity index (χ4v) is 9.80. The van der Waals surface area contributed by atoms with Crippen LogP contribution in [0.1, 0.15) is 59.1 Å². The van der Waals surface area contributed by atoms with E-state index in [2.05, 4.69) is 146 Å². The lowest BCUT2D eigenvalue weighted by molar-refractivity contribution is 0.190. The number of hydrogen-bond acceptors (Lipinski definition) is 2. The second kappa shape index (κ2) is 10.6. The second-order valence-corrected chi connectivity index (χ2v) is 13.8. The Labute approximate surface area is 277 Å². The predicted molar refractivity (Wildman–Crippen MR) is 191 cm³/mol. The summed E-state index contributed by atoms with van der Waals surface area (Å²) in [4.78, 5) is 0. The van der Waals surface area contributed by atoms with Gasteiger partial charge in [-0.05, 0) is 92.4 Å². The van der Waals surface area contributed by atoms with E-state index in [1.54, 1.807) is 0 Å². The van der Waals surface area contributed by atoms with Crippen molar-refractivity contribution in [3.63, 3.8) is 0 Å². The van der Waals surface area contributed by atoms with Crippen molar-refractivity contribution in [3.8, 4) is 33.4 Å². The van der Waals surface area contributed by atoms with E-state index in [0.29, 0.717) is 0 Å². The summed E-state index contributed by atoms with van der Waals surface area (Å²) in [6.45, 7) is 0.115. The molecule has 2 N–H and O–H groups in total. The normalized spacial score (nSPS) is 16.5. The van der Waals surface area contributed by atoms with Crippen molar-refractivity contribution in [1.82, 2.24) is 0 Å². The first-order chi connectivity index (χ1) is 23.2. The molecule has 6 aromatic rings. The molecule has 230 valence electrons. The third kappa shape index (κ3) is 3.80. The monoisotopic (exact) mass is 610 g/mol. The SMILES string of the molecule is OCC1(CCC2(CCC3(CO)c4ccccc4-c4ccccc43)c3ccccc3-c3ccccc32)c2ccccc2-c2ccccc21. The summed E-state index contributed by atoms with van der Waals surface area (Å²) in [5.74, 6) is 0. The standard InChI is InChI=1S/C45H38O2/c46-29-44(39-21-9-3-15-33(39)34-16-4-10-22-40(34)44)27-25-43(37-19-7-1-13-31(37)32-14-2-8-20-38(32)43)26-28-45(30-47)41-23-11-5-17-35(41)36-18-6-12-24-42(36)45/h1-24,46-47H,25-30H2. The predicted octanol–water partition coefficient (Wildman–Crippen LogP) is 9.43. The topological polar surface area (TPSA) is 40.5 Å². The highest BCUT2D eigenvalue weighted by Crippen LogP contribution is 2.60. The Morgan fingerprint density at radius 2 is 0.468 bits per heavy atom. The largest absolute Gasteiger partial charge is 0.395 e. The maximum absolute atomic E-state index is 11.4. The van der Waals surface area contributed by atoms with Crippen molar-refractivity contribution in [2.45, 2.75) is 41.9 Å². The molecule has 0 aliphatic heterocycles.